The average Bonchev–Trinajstić information content (AvgIpc) is 3.04. The molecule has 0 radical (unpaired) electrons. The lowest BCUT2D eigenvalue weighted by molar-refractivity contribution is -0.120. The zero-order valence-corrected chi connectivity index (χ0v) is 17.5. The number of carbonyl (C=O) groups is 2. The number of hydrazine groups is 1. The molecule has 0 saturated carbocycles. The highest BCUT2D eigenvalue weighted by molar-refractivity contribution is 9.10. The van der Waals surface area contributed by atoms with Crippen LogP contribution < -0.4 is 16.2 Å². The molecule has 2 aromatic rings. The van der Waals surface area contributed by atoms with Gasteiger partial charge in [-0.25, -0.2) is 0 Å². The number of carbonyl (C=O) groups excluding carboxylic acids is 2. The Hall–Kier alpha value is -2.84. The van der Waals surface area contributed by atoms with E-state index >= 15 is 0 Å². The second-order valence-electron chi connectivity index (χ2n) is 6.22. The number of halogens is 2. The Bertz CT molecular complexity index is 972. The van der Waals surface area contributed by atoms with Crippen LogP contribution in [-0.4, -0.2) is 29.2 Å². The molecule has 2 aromatic carbocycles. The lowest BCUT2D eigenvalue weighted by Crippen LogP contribution is -2.30. The van der Waals surface area contributed by atoms with Gasteiger partial charge < -0.3 is 10.4 Å². The fourth-order valence-electron chi connectivity index (χ4n) is 2.65. The first-order chi connectivity index (χ1) is 13.9. The summed E-state index contributed by atoms with van der Waals surface area (Å²) >= 11 is 9.24. The molecular formula is C20H18BrClN4O3. The van der Waals surface area contributed by atoms with Gasteiger partial charge in [-0.05, 0) is 55.0 Å². The molecule has 0 saturated heterocycles. The summed E-state index contributed by atoms with van der Waals surface area (Å²) in [6.07, 6.45) is 0.239. The first-order valence-corrected chi connectivity index (χ1v) is 9.93. The third-order valence-electron chi connectivity index (χ3n) is 4.09. The fraction of sp³-hybridized carbons (Fsp3) is 0.150. The molecule has 0 spiro atoms. The summed E-state index contributed by atoms with van der Waals surface area (Å²) in [7, 11) is 0. The Morgan fingerprint density at radius 3 is 2.45 bits per heavy atom. The molecular weight excluding hydrogens is 460 g/mol. The van der Waals surface area contributed by atoms with Crippen LogP contribution >= 0.6 is 27.5 Å². The molecule has 0 aliphatic carbocycles. The van der Waals surface area contributed by atoms with Crippen LogP contribution in [0.5, 0.6) is 0 Å². The van der Waals surface area contributed by atoms with Gasteiger partial charge in [-0.15, -0.1) is 0 Å². The second kappa shape index (κ2) is 9.58. The standard InChI is InChI=1S/C20H18BrClN4O3/c21-12-1-5-15(6-2-12)25-26-18(28)10-9-16(19-17(27)11-23-20(19)29)24-14-7-3-13(22)4-8-14/h1-8,25,27H,9-11H2,(H,23,29)(H,26,28). The number of hydrogen-bond donors (Lipinski definition) is 4. The zero-order valence-electron chi connectivity index (χ0n) is 15.2. The van der Waals surface area contributed by atoms with Gasteiger partial charge in [-0.2, -0.15) is 0 Å². The molecule has 9 heteroatoms. The Morgan fingerprint density at radius 2 is 1.83 bits per heavy atom. The Morgan fingerprint density at radius 1 is 1.14 bits per heavy atom. The monoisotopic (exact) mass is 476 g/mol. The van der Waals surface area contributed by atoms with Gasteiger partial charge in [0.05, 0.1) is 23.6 Å². The van der Waals surface area contributed by atoms with Crippen LogP contribution in [0, 0.1) is 0 Å². The molecule has 0 unspecified atom stereocenters. The maximum Gasteiger partial charge on any atom is 0.257 e. The maximum absolute atomic E-state index is 12.2. The van der Waals surface area contributed by atoms with E-state index in [4.69, 9.17) is 11.6 Å². The molecule has 1 heterocycles. The average molecular weight is 478 g/mol. The van der Waals surface area contributed by atoms with Crippen LogP contribution in [-0.2, 0) is 9.59 Å². The number of amides is 2. The van der Waals surface area contributed by atoms with Crippen molar-refractivity contribution in [3.05, 3.63) is 69.4 Å². The quantitative estimate of drug-likeness (QED) is 0.357. The normalized spacial score (nSPS) is 14.0. The van der Waals surface area contributed by atoms with Crippen molar-refractivity contribution in [3.8, 4) is 0 Å². The van der Waals surface area contributed by atoms with Crippen LogP contribution in [0.25, 0.3) is 0 Å². The molecule has 29 heavy (non-hydrogen) atoms. The number of nitrogens with zero attached hydrogens (tertiary/aromatic N) is 1. The Balaban J connectivity index is 1.69. The molecule has 2 amide bonds. The smallest absolute Gasteiger partial charge is 0.257 e. The number of benzene rings is 2. The highest BCUT2D eigenvalue weighted by atomic mass is 79.9. The van der Waals surface area contributed by atoms with Gasteiger partial charge in [-0.1, -0.05) is 27.5 Å². The number of aliphatic hydroxyl groups excluding tert-OH is 1. The number of nitrogens with one attached hydrogen (secondary N) is 3. The van der Waals surface area contributed by atoms with E-state index in [0.29, 0.717) is 16.4 Å². The number of aliphatic imine (C=N–C) groups is 1. The first-order valence-electron chi connectivity index (χ1n) is 8.76. The van der Waals surface area contributed by atoms with E-state index in [0.717, 1.165) is 10.2 Å². The van der Waals surface area contributed by atoms with Gasteiger partial charge in [0.25, 0.3) is 5.91 Å². The summed E-state index contributed by atoms with van der Waals surface area (Å²) < 4.78 is 0.931. The number of aliphatic hydroxyl groups is 1. The summed E-state index contributed by atoms with van der Waals surface area (Å²) in [5.74, 6) is -0.782. The minimum Gasteiger partial charge on any atom is -0.510 e. The highest BCUT2D eigenvalue weighted by Crippen LogP contribution is 2.21. The van der Waals surface area contributed by atoms with Crippen molar-refractivity contribution in [2.75, 3.05) is 12.0 Å². The predicted molar refractivity (Wildman–Crippen MR) is 116 cm³/mol. The topological polar surface area (TPSA) is 103 Å². The predicted octanol–water partition coefficient (Wildman–Crippen LogP) is 4.04. The second-order valence-corrected chi connectivity index (χ2v) is 7.57. The highest BCUT2D eigenvalue weighted by Gasteiger charge is 2.27. The van der Waals surface area contributed by atoms with E-state index in [1.54, 1.807) is 24.3 Å². The molecule has 3 rings (SSSR count). The third kappa shape index (κ3) is 5.82. The SMILES string of the molecule is O=C(CCC(=Nc1ccc(Cl)cc1)C1=C(O)CNC1=O)NNc1ccc(Br)cc1. The molecule has 1 aliphatic heterocycles. The van der Waals surface area contributed by atoms with E-state index in [2.05, 4.69) is 37.1 Å². The van der Waals surface area contributed by atoms with E-state index < -0.39 is 5.91 Å². The van der Waals surface area contributed by atoms with Gasteiger partial charge in [0.1, 0.15) is 11.3 Å². The molecule has 150 valence electrons. The van der Waals surface area contributed by atoms with Crippen LogP contribution in [0.1, 0.15) is 12.8 Å². The van der Waals surface area contributed by atoms with Crippen molar-refractivity contribution in [1.82, 2.24) is 10.7 Å². The summed E-state index contributed by atoms with van der Waals surface area (Å²) in [6, 6.07) is 14.1. The van der Waals surface area contributed by atoms with E-state index in [1.165, 1.54) is 0 Å². The lowest BCUT2D eigenvalue weighted by atomic mass is 10.0. The first kappa shape index (κ1) is 20.9. The summed E-state index contributed by atoms with van der Waals surface area (Å²) in [4.78, 5) is 28.8. The minimum absolute atomic E-state index is 0.0467. The molecule has 0 aromatic heterocycles. The van der Waals surface area contributed by atoms with E-state index in [1.807, 2.05) is 24.3 Å². The fourth-order valence-corrected chi connectivity index (χ4v) is 3.04. The van der Waals surface area contributed by atoms with Crippen molar-refractivity contribution < 1.29 is 14.7 Å². The molecule has 0 fully saturated rings. The van der Waals surface area contributed by atoms with Crippen molar-refractivity contribution in [1.29, 1.82) is 0 Å². The van der Waals surface area contributed by atoms with Crippen LogP contribution in [0.4, 0.5) is 11.4 Å². The van der Waals surface area contributed by atoms with Crippen molar-refractivity contribution in [2.45, 2.75) is 12.8 Å². The molecule has 7 nitrogen and oxygen atoms in total. The third-order valence-corrected chi connectivity index (χ3v) is 4.87. The van der Waals surface area contributed by atoms with Crippen molar-refractivity contribution >= 4 is 56.4 Å². The summed E-state index contributed by atoms with van der Waals surface area (Å²) in [5.41, 5.74) is 7.16. The van der Waals surface area contributed by atoms with Crippen LogP contribution in [0.2, 0.25) is 5.02 Å². The Labute approximate surface area is 181 Å². The lowest BCUT2D eigenvalue weighted by Gasteiger charge is -2.10. The van der Waals surface area contributed by atoms with Crippen molar-refractivity contribution in [2.24, 2.45) is 4.99 Å². The number of hydrogen-bond acceptors (Lipinski definition) is 5. The summed E-state index contributed by atoms with van der Waals surface area (Å²) in [5, 5.41) is 13.2. The van der Waals surface area contributed by atoms with E-state index in [-0.39, 0.29) is 36.6 Å². The molecule has 4 N–H and O–H groups in total. The molecule has 0 bridgehead atoms. The van der Waals surface area contributed by atoms with Gasteiger partial charge in [0.2, 0.25) is 5.91 Å². The minimum atomic E-state index is -0.413. The van der Waals surface area contributed by atoms with Crippen molar-refractivity contribution in [3.63, 3.8) is 0 Å². The molecule has 0 atom stereocenters. The van der Waals surface area contributed by atoms with Gasteiger partial charge in [0, 0.05) is 15.9 Å². The summed E-state index contributed by atoms with van der Waals surface area (Å²) in [6.45, 7) is 0.0467. The largest absolute Gasteiger partial charge is 0.510 e. The van der Waals surface area contributed by atoms with Gasteiger partial charge in [0.15, 0.2) is 0 Å². The molecule has 1 aliphatic rings. The van der Waals surface area contributed by atoms with Crippen LogP contribution in [0.15, 0.2) is 69.3 Å². The maximum atomic E-state index is 12.2. The van der Waals surface area contributed by atoms with Crippen LogP contribution in [0.3, 0.4) is 0 Å². The van der Waals surface area contributed by atoms with Gasteiger partial charge in [-0.3, -0.25) is 25.4 Å². The number of anilines is 1. The zero-order chi connectivity index (χ0) is 20.8. The van der Waals surface area contributed by atoms with Gasteiger partial charge >= 0.3 is 0 Å². The number of rotatable bonds is 7. The Kier molecular flexibility index (Phi) is 6.90. The van der Waals surface area contributed by atoms with E-state index in [9.17, 15) is 14.7 Å².